The van der Waals surface area contributed by atoms with Gasteiger partial charge < -0.3 is 14.6 Å². The summed E-state index contributed by atoms with van der Waals surface area (Å²) in [6.07, 6.45) is 92.4. The third-order valence-electron chi connectivity index (χ3n) is 15.0. The van der Waals surface area contributed by atoms with Crippen LogP contribution in [0.15, 0.2) is 72.9 Å². The fourth-order valence-electron chi connectivity index (χ4n) is 10.0. The lowest BCUT2D eigenvalue weighted by atomic mass is 10.0. The molecule has 0 saturated carbocycles. The molecule has 0 aliphatic carbocycles. The topological polar surface area (TPSA) is 72.8 Å². The first kappa shape index (κ1) is 73.3. The molecular formula is C71H128O5. The van der Waals surface area contributed by atoms with E-state index in [1.807, 2.05) is 0 Å². The van der Waals surface area contributed by atoms with E-state index in [1.54, 1.807) is 0 Å². The largest absolute Gasteiger partial charge is 0.462 e. The molecule has 0 aromatic rings. The fraction of sp³-hybridized carbons (Fsp3) is 0.803. The van der Waals surface area contributed by atoms with Gasteiger partial charge >= 0.3 is 11.9 Å². The van der Waals surface area contributed by atoms with E-state index in [0.717, 1.165) is 77.0 Å². The summed E-state index contributed by atoms with van der Waals surface area (Å²) in [5.41, 5.74) is 0. The fourth-order valence-corrected chi connectivity index (χ4v) is 10.0. The molecule has 76 heavy (non-hydrogen) atoms. The van der Waals surface area contributed by atoms with Crippen molar-refractivity contribution in [1.82, 2.24) is 0 Å². The molecule has 0 radical (unpaired) electrons. The van der Waals surface area contributed by atoms with Crippen molar-refractivity contribution in [3.63, 3.8) is 0 Å². The second-order valence-corrected chi connectivity index (χ2v) is 22.5. The number of carbonyl (C=O) groups is 2. The highest BCUT2D eigenvalue weighted by molar-refractivity contribution is 5.70. The van der Waals surface area contributed by atoms with Crippen LogP contribution in [0.3, 0.4) is 0 Å². The first-order chi connectivity index (χ1) is 37.6. The van der Waals surface area contributed by atoms with Crippen molar-refractivity contribution < 1.29 is 24.2 Å². The second kappa shape index (κ2) is 66.6. The lowest BCUT2D eigenvalue weighted by Gasteiger charge is -2.15. The standard InChI is InChI=1S/C71H128O5/c1-3-5-7-9-11-13-15-17-19-21-23-25-26-27-28-29-30-31-32-33-34-35-36-37-38-39-40-41-42-43-44-46-47-49-51-53-55-57-59-61-63-65-70(73)75-68-69(67-72)76-71(74)66-64-62-60-58-56-54-52-50-48-45-24-22-20-18-16-14-12-10-8-6-4-2/h6,8,12,14,18,20,24,45,50,52,56,58,69,72H,3-5,7,9-11,13,15-17,19,21-23,25-44,46-49,51,53-55,57,59-68H2,1-2H3/b8-6-,14-12-,20-18-,45-24-,52-50-,58-56-. The van der Waals surface area contributed by atoms with Crippen LogP contribution in [0, 0.1) is 0 Å². The molecule has 0 spiro atoms. The zero-order chi connectivity index (χ0) is 54.8. The number of allylic oxidation sites excluding steroid dienone is 12. The van der Waals surface area contributed by atoms with Gasteiger partial charge in [-0.2, -0.15) is 0 Å². The molecular weight excluding hydrogens is 933 g/mol. The van der Waals surface area contributed by atoms with E-state index in [4.69, 9.17) is 9.47 Å². The molecule has 0 heterocycles. The minimum absolute atomic E-state index is 0.0840. The molecule has 5 nitrogen and oxygen atoms in total. The number of esters is 2. The maximum atomic E-state index is 12.3. The summed E-state index contributed by atoms with van der Waals surface area (Å²) < 4.78 is 10.7. The van der Waals surface area contributed by atoms with Crippen LogP contribution in [0.4, 0.5) is 0 Å². The first-order valence-electron chi connectivity index (χ1n) is 33.5. The predicted molar refractivity (Wildman–Crippen MR) is 334 cm³/mol. The van der Waals surface area contributed by atoms with Crippen LogP contribution in [0.5, 0.6) is 0 Å². The van der Waals surface area contributed by atoms with Crippen LogP contribution in [0.25, 0.3) is 0 Å². The van der Waals surface area contributed by atoms with Gasteiger partial charge in [0, 0.05) is 12.8 Å². The van der Waals surface area contributed by atoms with E-state index in [9.17, 15) is 14.7 Å². The summed E-state index contributed by atoms with van der Waals surface area (Å²) in [4.78, 5) is 24.5. The van der Waals surface area contributed by atoms with Crippen LogP contribution in [0.1, 0.15) is 348 Å². The lowest BCUT2D eigenvalue weighted by Crippen LogP contribution is -2.28. The van der Waals surface area contributed by atoms with E-state index in [2.05, 4.69) is 86.8 Å². The number of aliphatic hydroxyl groups excluding tert-OH is 1. The third kappa shape index (κ3) is 63.9. The normalized spacial score (nSPS) is 12.6. The Morgan fingerprint density at radius 2 is 0.566 bits per heavy atom. The molecule has 1 N–H and O–H groups in total. The Morgan fingerprint density at radius 1 is 0.316 bits per heavy atom. The number of carbonyl (C=O) groups excluding carboxylic acids is 2. The van der Waals surface area contributed by atoms with E-state index in [-0.39, 0.29) is 25.2 Å². The Hall–Kier alpha value is -2.66. The highest BCUT2D eigenvalue weighted by Gasteiger charge is 2.16. The molecule has 0 saturated heterocycles. The van der Waals surface area contributed by atoms with E-state index < -0.39 is 6.10 Å². The average Bonchev–Trinajstić information content (AvgIpc) is 3.42. The Bertz CT molecular complexity index is 1340. The van der Waals surface area contributed by atoms with Crippen LogP contribution < -0.4 is 0 Å². The molecule has 0 rings (SSSR count). The first-order valence-corrected chi connectivity index (χ1v) is 33.5. The molecule has 0 aromatic heterocycles. The van der Waals surface area contributed by atoms with Gasteiger partial charge in [0.15, 0.2) is 6.10 Å². The molecule has 0 aromatic carbocycles. The van der Waals surface area contributed by atoms with Crippen molar-refractivity contribution in [3.05, 3.63) is 72.9 Å². The summed E-state index contributed by atoms with van der Waals surface area (Å²) in [7, 11) is 0. The SMILES string of the molecule is CC/C=C\C/C=C\C/C=C\C/C=C\C/C=C\C/C=C\CCCCC(=O)OC(CO)COC(=O)CCCCCCCCCCCCCCCCCCCCCCCCCCCCCCCCCCCCCCCCCCC. The average molecular weight is 1060 g/mol. The zero-order valence-electron chi connectivity index (χ0n) is 50.8. The minimum atomic E-state index is -0.799. The highest BCUT2D eigenvalue weighted by Crippen LogP contribution is 2.19. The van der Waals surface area contributed by atoms with Gasteiger partial charge in [-0.1, -0.05) is 344 Å². The number of ether oxygens (including phenoxy) is 2. The summed E-state index contributed by atoms with van der Waals surface area (Å²) in [5, 5.41) is 9.66. The van der Waals surface area contributed by atoms with Gasteiger partial charge in [0.2, 0.25) is 0 Å². The molecule has 0 aliphatic heterocycles. The van der Waals surface area contributed by atoms with Gasteiger partial charge in [0.05, 0.1) is 6.61 Å². The van der Waals surface area contributed by atoms with E-state index in [1.165, 1.54) is 244 Å². The predicted octanol–water partition coefficient (Wildman–Crippen LogP) is 23.1. The minimum Gasteiger partial charge on any atom is -0.462 e. The van der Waals surface area contributed by atoms with Gasteiger partial charge in [-0.15, -0.1) is 0 Å². The maximum Gasteiger partial charge on any atom is 0.306 e. The van der Waals surface area contributed by atoms with Crippen molar-refractivity contribution in [2.75, 3.05) is 13.2 Å². The zero-order valence-corrected chi connectivity index (χ0v) is 50.8. The Morgan fingerprint density at radius 3 is 0.855 bits per heavy atom. The van der Waals surface area contributed by atoms with Crippen LogP contribution in [-0.4, -0.2) is 36.4 Å². The third-order valence-corrected chi connectivity index (χ3v) is 15.0. The van der Waals surface area contributed by atoms with E-state index >= 15 is 0 Å². The van der Waals surface area contributed by atoms with Crippen molar-refractivity contribution in [1.29, 1.82) is 0 Å². The Labute approximate surface area is 473 Å². The second-order valence-electron chi connectivity index (χ2n) is 22.5. The molecule has 0 amide bonds. The van der Waals surface area contributed by atoms with Crippen LogP contribution in [-0.2, 0) is 19.1 Å². The molecule has 442 valence electrons. The number of unbranched alkanes of at least 4 members (excludes halogenated alkanes) is 42. The van der Waals surface area contributed by atoms with Crippen molar-refractivity contribution in [3.8, 4) is 0 Å². The van der Waals surface area contributed by atoms with Crippen molar-refractivity contribution >= 4 is 11.9 Å². The highest BCUT2D eigenvalue weighted by atomic mass is 16.6. The molecule has 1 unspecified atom stereocenters. The van der Waals surface area contributed by atoms with Gasteiger partial charge in [0.25, 0.3) is 0 Å². The van der Waals surface area contributed by atoms with Crippen LogP contribution >= 0.6 is 0 Å². The van der Waals surface area contributed by atoms with Gasteiger partial charge in [-0.3, -0.25) is 9.59 Å². The van der Waals surface area contributed by atoms with Crippen LogP contribution in [0.2, 0.25) is 0 Å². The summed E-state index contributed by atoms with van der Waals surface area (Å²) in [6, 6.07) is 0. The molecule has 0 fully saturated rings. The smallest absolute Gasteiger partial charge is 0.306 e. The molecule has 5 heteroatoms. The summed E-state index contributed by atoms with van der Waals surface area (Å²) in [6.45, 7) is 4.03. The number of hydrogen-bond acceptors (Lipinski definition) is 5. The maximum absolute atomic E-state index is 12.3. The van der Waals surface area contributed by atoms with Gasteiger partial charge in [0.1, 0.15) is 6.61 Å². The summed E-state index contributed by atoms with van der Waals surface area (Å²) >= 11 is 0. The monoisotopic (exact) mass is 1060 g/mol. The molecule has 1 atom stereocenters. The molecule has 0 aliphatic rings. The Kier molecular flexibility index (Phi) is 64.3. The quantitative estimate of drug-likeness (QED) is 0.0373. The van der Waals surface area contributed by atoms with E-state index in [0.29, 0.717) is 12.8 Å². The number of aliphatic hydroxyl groups is 1. The van der Waals surface area contributed by atoms with Crippen molar-refractivity contribution in [2.24, 2.45) is 0 Å². The van der Waals surface area contributed by atoms with Gasteiger partial charge in [-0.25, -0.2) is 0 Å². The lowest BCUT2D eigenvalue weighted by molar-refractivity contribution is -0.161. The summed E-state index contributed by atoms with van der Waals surface area (Å²) in [5.74, 6) is -0.632. The Balaban J connectivity index is 3.41. The number of rotatable bonds is 62. The number of hydrogen-bond donors (Lipinski definition) is 1. The van der Waals surface area contributed by atoms with Crippen molar-refractivity contribution in [2.45, 2.75) is 354 Å². The van der Waals surface area contributed by atoms with Gasteiger partial charge in [-0.05, 0) is 64.2 Å². The molecule has 0 bridgehead atoms.